The van der Waals surface area contributed by atoms with Crippen molar-refractivity contribution in [3.05, 3.63) is 92.9 Å². The predicted octanol–water partition coefficient (Wildman–Crippen LogP) is 6.73. The maximum absolute atomic E-state index is 12.2. The zero-order valence-electron chi connectivity index (χ0n) is 15.5. The molecule has 0 fully saturated rings. The Morgan fingerprint density at radius 1 is 0.867 bits per heavy atom. The van der Waals surface area contributed by atoms with E-state index < -0.39 is 18.5 Å². The summed E-state index contributed by atoms with van der Waals surface area (Å²) in [6.45, 7) is -0.425. The van der Waals surface area contributed by atoms with E-state index in [2.05, 4.69) is 5.32 Å². The molecule has 1 N–H and O–H groups in total. The fraction of sp³-hybridized carbons (Fsp3) is 0.0909. The Bertz CT molecular complexity index is 1040. The minimum atomic E-state index is -0.579. The number of hydrogen-bond acceptors (Lipinski definition) is 4. The first-order valence-electron chi connectivity index (χ1n) is 8.80. The summed E-state index contributed by atoms with van der Waals surface area (Å²) in [5, 5.41) is 4.03. The Hall–Kier alpha value is -2.18. The standard InChI is InChI=1S/C22H16Cl3NO3S/c23-16-5-8-18(9-6-16)30-13-14-1-3-15(4-2-14)22(28)29-12-21(27)26-20-10-7-17(24)11-19(20)25/h1-11H,12-13H2,(H,26,27). The molecule has 0 saturated heterocycles. The van der Waals surface area contributed by atoms with Crippen molar-refractivity contribution >= 4 is 64.1 Å². The van der Waals surface area contributed by atoms with Crippen LogP contribution in [0.1, 0.15) is 15.9 Å². The van der Waals surface area contributed by atoms with Gasteiger partial charge in [-0.25, -0.2) is 4.79 Å². The largest absolute Gasteiger partial charge is 0.452 e. The van der Waals surface area contributed by atoms with Gasteiger partial charge in [0.15, 0.2) is 6.61 Å². The van der Waals surface area contributed by atoms with Gasteiger partial charge in [-0.1, -0.05) is 46.9 Å². The molecule has 0 atom stereocenters. The number of amides is 1. The van der Waals surface area contributed by atoms with E-state index in [0.29, 0.717) is 26.3 Å². The second-order valence-electron chi connectivity index (χ2n) is 6.19. The number of carbonyl (C=O) groups excluding carboxylic acids is 2. The third-order valence-electron chi connectivity index (χ3n) is 3.95. The lowest BCUT2D eigenvalue weighted by Crippen LogP contribution is -2.21. The van der Waals surface area contributed by atoms with Crippen LogP contribution in [-0.4, -0.2) is 18.5 Å². The Morgan fingerprint density at radius 3 is 2.20 bits per heavy atom. The molecule has 0 aromatic heterocycles. The van der Waals surface area contributed by atoms with Crippen LogP contribution in [0.3, 0.4) is 0 Å². The average molecular weight is 481 g/mol. The molecule has 0 heterocycles. The first-order chi connectivity index (χ1) is 14.4. The molecule has 0 aliphatic heterocycles. The lowest BCUT2D eigenvalue weighted by atomic mass is 10.1. The number of nitrogens with one attached hydrogen (secondary N) is 1. The number of hydrogen-bond donors (Lipinski definition) is 1. The summed E-state index contributed by atoms with van der Waals surface area (Å²) >= 11 is 19.4. The molecule has 0 saturated carbocycles. The Balaban J connectivity index is 1.48. The monoisotopic (exact) mass is 479 g/mol. The zero-order valence-corrected chi connectivity index (χ0v) is 18.6. The SMILES string of the molecule is O=C(COC(=O)c1ccc(CSc2ccc(Cl)cc2)cc1)Nc1ccc(Cl)cc1Cl. The number of halogens is 3. The molecular weight excluding hydrogens is 465 g/mol. The highest BCUT2D eigenvalue weighted by atomic mass is 35.5. The van der Waals surface area contributed by atoms with Crippen molar-refractivity contribution in [2.45, 2.75) is 10.6 Å². The van der Waals surface area contributed by atoms with Gasteiger partial charge in [0.05, 0.1) is 16.3 Å². The summed E-state index contributed by atoms with van der Waals surface area (Å²) in [6, 6.07) is 19.4. The van der Waals surface area contributed by atoms with Crippen molar-refractivity contribution in [3.63, 3.8) is 0 Å². The van der Waals surface area contributed by atoms with Crippen LogP contribution in [-0.2, 0) is 15.3 Å². The average Bonchev–Trinajstić information content (AvgIpc) is 2.74. The lowest BCUT2D eigenvalue weighted by Gasteiger charge is -2.09. The number of esters is 1. The zero-order chi connectivity index (χ0) is 21.5. The van der Waals surface area contributed by atoms with Crippen molar-refractivity contribution in [1.29, 1.82) is 0 Å². The highest BCUT2D eigenvalue weighted by Gasteiger charge is 2.12. The van der Waals surface area contributed by atoms with E-state index in [1.54, 1.807) is 36.0 Å². The van der Waals surface area contributed by atoms with Gasteiger partial charge in [0, 0.05) is 20.7 Å². The fourth-order valence-electron chi connectivity index (χ4n) is 2.43. The van der Waals surface area contributed by atoms with Crippen LogP contribution in [0.15, 0.2) is 71.6 Å². The number of thioether (sulfide) groups is 1. The van der Waals surface area contributed by atoms with E-state index in [9.17, 15) is 9.59 Å². The number of benzene rings is 3. The third kappa shape index (κ3) is 6.67. The molecular formula is C22H16Cl3NO3S. The van der Waals surface area contributed by atoms with Crippen LogP contribution in [0, 0.1) is 0 Å². The Labute approximate surface area is 193 Å². The van der Waals surface area contributed by atoms with Gasteiger partial charge in [0.2, 0.25) is 0 Å². The number of ether oxygens (including phenoxy) is 1. The van der Waals surface area contributed by atoms with Crippen molar-refractivity contribution in [1.82, 2.24) is 0 Å². The normalized spacial score (nSPS) is 10.5. The summed E-state index contributed by atoms with van der Waals surface area (Å²) in [4.78, 5) is 25.3. The van der Waals surface area contributed by atoms with E-state index in [1.807, 2.05) is 36.4 Å². The summed E-state index contributed by atoms with van der Waals surface area (Å²) in [7, 11) is 0. The smallest absolute Gasteiger partial charge is 0.338 e. The molecule has 30 heavy (non-hydrogen) atoms. The van der Waals surface area contributed by atoms with E-state index in [-0.39, 0.29) is 0 Å². The van der Waals surface area contributed by atoms with E-state index in [1.165, 1.54) is 6.07 Å². The topological polar surface area (TPSA) is 55.4 Å². The van der Waals surface area contributed by atoms with Gasteiger partial charge < -0.3 is 10.1 Å². The van der Waals surface area contributed by atoms with Crippen LogP contribution in [0.5, 0.6) is 0 Å². The molecule has 0 spiro atoms. The molecule has 0 aliphatic carbocycles. The van der Waals surface area contributed by atoms with Crippen LogP contribution in [0.2, 0.25) is 15.1 Å². The molecule has 3 rings (SSSR count). The van der Waals surface area contributed by atoms with Crippen LogP contribution in [0.25, 0.3) is 0 Å². The molecule has 8 heteroatoms. The molecule has 0 bridgehead atoms. The van der Waals surface area contributed by atoms with Gasteiger partial charge in [-0.15, -0.1) is 11.8 Å². The number of rotatable bonds is 7. The van der Waals surface area contributed by atoms with Crippen LogP contribution < -0.4 is 5.32 Å². The molecule has 1 amide bonds. The molecule has 4 nitrogen and oxygen atoms in total. The van der Waals surface area contributed by atoms with Gasteiger partial charge in [0.1, 0.15) is 0 Å². The number of anilines is 1. The lowest BCUT2D eigenvalue weighted by molar-refractivity contribution is -0.119. The molecule has 0 unspecified atom stereocenters. The molecule has 0 aliphatic rings. The maximum atomic E-state index is 12.2. The minimum Gasteiger partial charge on any atom is -0.452 e. The summed E-state index contributed by atoms with van der Waals surface area (Å²) in [5.41, 5.74) is 1.82. The van der Waals surface area contributed by atoms with Gasteiger partial charge >= 0.3 is 5.97 Å². The Morgan fingerprint density at radius 2 is 1.53 bits per heavy atom. The van der Waals surface area contributed by atoms with Crippen LogP contribution >= 0.6 is 46.6 Å². The Kier molecular flexibility index (Phi) is 8.05. The van der Waals surface area contributed by atoms with E-state index in [0.717, 1.165) is 16.2 Å². The summed E-state index contributed by atoms with van der Waals surface area (Å²) < 4.78 is 5.07. The fourth-order valence-corrected chi connectivity index (χ4v) is 3.86. The maximum Gasteiger partial charge on any atom is 0.338 e. The van der Waals surface area contributed by atoms with Crippen molar-refractivity contribution < 1.29 is 14.3 Å². The highest BCUT2D eigenvalue weighted by molar-refractivity contribution is 7.98. The minimum absolute atomic E-state index is 0.300. The molecule has 0 radical (unpaired) electrons. The molecule has 3 aromatic rings. The summed E-state index contributed by atoms with van der Waals surface area (Å²) in [5.74, 6) is -0.325. The van der Waals surface area contributed by atoms with Crippen molar-refractivity contribution in [2.75, 3.05) is 11.9 Å². The second kappa shape index (κ2) is 10.7. The highest BCUT2D eigenvalue weighted by Crippen LogP contribution is 2.26. The van der Waals surface area contributed by atoms with E-state index >= 15 is 0 Å². The van der Waals surface area contributed by atoms with Gasteiger partial charge in [-0.2, -0.15) is 0 Å². The van der Waals surface area contributed by atoms with Crippen LogP contribution in [0.4, 0.5) is 5.69 Å². The van der Waals surface area contributed by atoms with Gasteiger partial charge in [-0.05, 0) is 60.2 Å². The first-order valence-corrected chi connectivity index (χ1v) is 10.9. The van der Waals surface area contributed by atoms with Crippen molar-refractivity contribution in [2.24, 2.45) is 0 Å². The predicted molar refractivity (Wildman–Crippen MR) is 123 cm³/mol. The van der Waals surface area contributed by atoms with Crippen molar-refractivity contribution in [3.8, 4) is 0 Å². The molecule has 3 aromatic carbocycles. The van der Waals surface area contributed by atoms with Gasteiger partial charge in [-0.3, -0.25) is 4.79 Å². The third-order valence-corrected chi connectivity index (χ3v) is 5.83. The second-order valence-corrected chi connectivity index (χ2v) is 8.52. The summed E-state index contributed by atoms with van der Waals surface area (Å²) in [6.07, 6.45) is 0. The molecule has 154 valence electrons. The van der Waals surface area contributed by atoms with E-state index in [4.69, 9.17) is 39.5 Å². The quantitative estimate of drug-likeness (QED) is 0.301. The number of carbonyl (C=O) groups is 2. The van der Waals surface area contributed by atoms with Gasteiger partial charge in [0.25, 0.3) is 5.91 Å². The first kappa shape index (κ1) is 22.5.